The number of nitro groups is 1. The minimum absolute atomic E-state index is 0.0423. The van der Waals surface area contributed by atoms with E-state index in [0.29, 0.717) is 0 Å². The SMILES string of the molecule is CC(C)(C)[Si](Oc1cc(F)ccc1[N+](=O)[O-])(c1ccccc1)c1ccccc1. The van der Waals surface area contributed by atoms with Crippen LogP contribution in [0.1, 0.15) is 20.8 Å². The Labute approximate surface area is 164 Å². The molecule has 0 atom stereocenters. The molecule has 3 rings (SSSR count). The Morgan fingerprint density at radius 3 is 1.82 bits per heavy atom. The van der Waals surface area contributed by atoms with Crippen molar-refractivity contribution in [1.82, 2.24) is 0 Å². The van der Waals surface area contributed by atoms with Gasteiger partial charge in [0, 0.05) is 12.1 Å². The van der Waals surface area contributed by atoms with E-state index in [-0.39, 0.29) is 16.5 Å². The van der Waals surface area contributed by atoms with Crippen molar-refractivity contribution in [3.63, 3.8) is 0 Å². The molecule has 0 saturated carbocycles. The fraction of sp³-hybridized carbons (Fsp3) is 0.182. The third-order valence-corrected chi connectivity index (χ3v) is 9.73. The fourth-order valence-corrected chi connectivity index (χ4v) is 7.96. The maximum absolute atomic E-state index is 14.0. The lowest BCUT2D eigenvalue weighted by atomic mass is 10.2. The Balaban J connectivity index is 2.32. The molecule has 144 valence electrons. The first-order valence-electron chi connectivity index (χ1n) is 9.00. The number of nitrogens with zero attached hydrogens (tertiary/aromatic N) is 1. The van der Waals surface area contributed by atoms with Crippen LogP contribution in [0.4, 0.5) is 10.1 Å². The standard InChI is InChI=1S/C22H22FNO3Si/c1-22(2,3)28(18-10-6-4-7-11-18,19-12-8-5-9-13-19)27-21-16-17(23)14-15-20(21)24(25)26/h4-16H,1-3H3. The maximum atomic E-state index is 14.0. The predicted molar refractivity (Wildman–Crippen MR) is 111 cm³/mol. The monoisotopic (exact) mass is 395 g/mol. The van der Waals surface area contributed by atoms with Crippen LogP contribution >= 0.6 is 0 Å². The molecule has 28 heavy (non-hydrogen) atoms. The summed E-state index contributed by atoms with van der Waals surface area (Å²) >= 11 is 0. The van der Waals surface area contributed by atoms with E-state index >= 15 is 0 Å². The Morgan fingerprint density at radius 2 is 1.39 bits per heavy atom. The molecular formula is C22H22FNO3Si. The summed E-state index contributed by atoms with van der Waals surface area (Å²) in [6.45, 7) is 6.18. The van der Waals surface area contributed by atoms with Crippen molar-refractivity contribution < 1.29 is 13.7 Å². The summed E-state index contributed by atoms with van der Waals surface area (Å²) in [7, 11) is -3.06. The summed E-state index contributed by atoms with van der Waals surface area (Å²) in [5.41, 5.74) is -0.241. The Hall–Kier alpha value is -2.99. The van der Waals surface area contributed by atoms with Crippen LogP contribution in [-0.4, -0.2) is 13.2 Å². The number of nitro benzene ring substituents is 1. The molecule has 0 amide bonds. The topological polar surface area (TPSA) is 52.4 Å². The zero-order valence-corrected chi connectivity index (χ0v) is 17.1. The van der Waals surface area contributed by atoms with Crippen molar-refractivity contribution in [2.75, 3.05) is 0 Å². The second-order valence-electron chi connectivity index (χ2n) is 7.63. The average molecular weight is 396 g/mol. The van der Waals surface area contributed by atoms with Crippen molar-refractivity contribution in [2.24, 2.45) is 0 Å². The van der Waals surface area contributed by atoms with Gasteiger partial charge in [-0.15, -0.1) is 0 Å². The first-order chi connectivity index (χ1) is 13.3. The van der Waals surface area contributed by atoms with Gasteiger partial charge in [0.2, 0.25) is 0 Å². The number of halogens is 1. The molecule has 0 fully saturated rings. The average Bonchev–Trinajstić information content (AvgIpc) is 2.66. The quantitative estimate of drug-likeness (QED) is 0.358. The fourth-order valence-electron chi connectivity index (χ4n) is 3.53. The highest BCUT2D eigenvalue weighted by molar-refractivity contribution is 7.00. The molecule has 0 unspecified atom stereocenters. The Bertz CT molecular complexity index is 933. The molecule has 0 heterocycles. The molecular weight excluding hydrogens is 373 g/mol. The summed E-state index contributed by atoms with van der Waals surface area (Å²) in [6.07, 6.45) is 0. The van der Waals surface area contributed by atoms with Crippen LogP contribution in [-0.2, 0) is 0 Å². The van der Waals surface area contributed by atoms with Gasteiger partial charge in [-0.2, -0.15) is 0 Å². The summed E-state index contributed by atoms with van der Waals surface area (Å²) < 4.78 is 20.6. The smallest absolute Gasteiger partial charge is 0.320 e. The van der Waals surface area contributed by atoms with Crippen molar-refractivity contribution in [1.29, 1.82) is 0 Å². The van der Waals surface area contributed by atoms with E-state index in [9.17, 15) is 14.5 Å². The van der Waals surface area contributed by atoms with Crippen molar-refractivity contribution in [2.45, 2.75) is 25.8 Å². The van der Waals surface area contributed by atoms with Crippen molar-refractivity contribution >= 4 is 24.4 Å². The third kappa shape index (κ3) is 3.55. The highest BCUT2D eigenvalue weighted by Crippen LogP contribution is 2.40. The normalized spacial score (nSPS) is 11.9. The molecule has 4 nitrogen and oxygen atoms in total. The van der Waals surface area contributed by atoms with Gasteiger partial charge in [0.25, 0.3) is 0 Å². The van der Waals surface area contributed by atoms with Crippen molar-refractivity contribution in [3.05, 3.63) is 94.8 Å². The Kier molecular flexibility index (Phi) is 5.33. The van der Waals surface area contributed by atoms with E-state index in [0.717, 1.165) is 28.6 Å². The molecule has 0 aliphatic heterocycles. The molecule has 0 bridgehead atoms. The lowest BCUT2D eigenvalue weighted by molar-refractivity contribution is -0.385. The molecule has 0 aromatic heterocycles. The first kappa shape index (κ1) is 19.8. The third-order valence-electron chi connectivity index (χ3n) is 4.80. The predicted octanol–water partition coefficient (Wildman–Crippen LogP) is 4.67. The van der Waals surface area contributed by atoms with Crippen molar-refractivity contribution in [3.8, 4) is 5.75 Å². The lowest BCUT2D eigenvalue weighted by Gasteiger charge is -2.42. The molecule has 0 saturated heterocycles. The Morgan fingerprint density at radius 1 is 0.893 bits per heavy atom. The van der Waals surface area contributed by atoms with Gasteiger partial charge in [0.1, 0.15) is 5.82 Å². The van der Waals surface area contributed by atoms with Gasteiger partial charge in [0.05, 0.1) is 4.92 Å². The van der Waals surface area contributed by atoms with E-state index in [1.54, 1.807) is 0 Å². The minimum Gasteiger partial charge on any atom is -0.529 e. The van der Waals surface area contributed by atoms with E-state index in [4.69, 9.17) is 4.43 Å². The van der Waals surface area contributed by atoms with E-state index in [1.165, 1.54) is 0 Å². The second kappa shape index (κ2) is 7.56. The minimum atomic E-state index is -3.06. The molecule has 0 N–H and O–H groups in total. The van der Waals surface area contributed by atoms with Crippen LogP contribution in [0.5, 0.6) is 5.75 Å². The summed E-state index contributed by atoms with van der Waals surface area (Å²) in [4.78, 5) is 11.0. The van der Waals surface area contributed by atoms with Gasteiger partial charge in [-0.1, -0.05) is 81.4 Å². The molecule has 6 heteroatoms. The van der Waals surface area contributed by atoms with Crippen LogP contribution in [0.3, 0.4) is 0 Å². The van der Waals surface area contributed by atoms with E-state index in [2.05, 4.69) is 20.8 Å². The molecule has 0 aliphatic carbocycles. The van der Waals surface area contributed by atoms with E-state index in [1.807, 2.05) is 60.7 Å². The molecule has 0 radical (unpaired) electrons. The highest BCUT2D eigenvalue weighted by Gasteiger charge is 2.52. The van der Waals surface area contributed by atoms with E-state index < -0.39 is 19.1 Å². The summed E-state index contributed by atoms with van der Waals surface area (Å²) in [5, 5.41) is 13.1. The highest BCUT2D eigenvalue weighted by atomic mass is 28.4. The van der Waals surface area contributed by atoms with Gasteiger partial charge < -0.3 is 4.43 Å². The van der Waals surface area contributed by atoms with Gasteiger partial charge in [-0.05, 0) is 21.5 Å². The second-order valence-corrected chi connectivity index (χ2v) is 11.9. The van der Waals surface area contributed by atoms with Crippen LogP contribution in [0.25, 0.3) is 0 Å². The van der Waals surface area contributed by atoms with Crippen LogP contribution in [0.15, 0.2) is 78.9 Å². The zero-order valence-electron chi connectivity index (χ0n) is 16.1. The van der Waals surface area contributed by atoms with Crippen LogP contribution < -0.4 is 14.8 Å². The summed E-state index contributed by atoms with van der Waals surface area (Å²) in [6, 6.07) is 22.8. The lowest BCUT2D eigenvalue weighted by Crippen LogP contribution is -2.68. The number of benzene rings is 3. The molecule has 3 aromatic carbocycles. The summed E-state index contributed by atoms with van der Waals surface area (Å²) in [5.74, 6) is -0.613. The van der Waals surface area contributed by atoms with Crippen LogP contribution in [0, 0.1) is 15.9 Å². The first-order valence-corrected chi connectivity index (χ1v) is 10.9. The van der Waals surface area contributed by atoms with Crippen LogP contribution in [0.2, 0.25) is 5.04 Å². The van der Waals surface area contributed by atoms with Gasteiger partial charge in [-0.25, -0.2) is 4.39 Å². The zero-order chi connectivity index (χ0) is 20.4. The number of rotatable bonds is 5. The van der Waals surface area contributed by atoms with Gasteiger partial charge >= 0.3 is 14.0 Å². The molecule has 3 aromatic rings. The van der Waals surface area contributed by atoms with Gasteiger partial charge in [-0.3, -0.25) is 10.1 Å². The molecule has 0 spiro atoms. The molecule has 0 aliphatic rings. The largest absolute Gasteiger partial charge is 0.529 e. The number of hydrogen-bond donors (Lipinski definition) is 0. The van der Waals surface area contributed by atoms with Gasteiger partial charge in [0.15, 0.2) is 5.75 Å². The maximum Gasteiger partial charge on any atom is 0.320 e. The number of hydrogen-bond acceptors (Lipinski definition) is 3.